The second-order valence-corrected chi connectivity index (χ2v) is 8.37. The highest BCUT2D eigenvalue weighted by molar-refractivity contribution is 7.98. The van der Waals surface area contributed by atoms with Gasteiger partial charge >= 0.3 is 0 Å². The van der Waals surface area contributed by atoms with E-state index in [-0.39, 0.29) is 0 Å². The third kappa shape index (κ3) is 4.85. The molecule has 3 heteroatoms. The first-order chi connectivity index (χ1) is 13.4. The van der Waals surface area contributed by atoms with Crippen LogP contribution in [0, 0.1) is 0 Å². The van der Waals surface area contributed by atoms with Crippen molar-refractivity contribution < 1.29 is 0 Å². The van der Waals surface area contributed by atoms with Crippen molar-refractivity contribution in [2.45, 2.75) is 25.0 Å². The molecule has 0 spiro atoms. The molecule has 0 atom stereocenters. The number of hydrogen-bond acceptors (Lipinski definition) is 2. The lowest BCUT2D eigenvalue weighted by atomic mass is 9.99. The van der Waals surface area contributed by atoms with Crippen LogP contribution in [-0.4, -0.2) is 35.3 Å². The Balaban J connectivity index is 1.14. The van der Waals surface area contributed by atoms with E-state index in [1.54, 1.807) is 0 Å². The van der Waals surface area contributed by atoms with E-state index in [1.807, 2.05) is 0 Å². The van der Waals surface area contributed by atoms with Crippen LogP contribution in [-0.2, 0) is 5.75 Å². The summed E-state index contributed by atoms with van der Waals surface area (Å²) in [5.74, 6) is 2.36. The third-order valence-electron chi connectivity index (χ3n) is 5.38. The van der Waals surface area contributed by atoms with Gasteiger partial charge in [-0.3, -0.25) is 4.90 Å². The first kappa shape index (κ1) is 18.4. The van der Waals surface area contributed by atoms with Gasteiger partial charge in [-0.25, -0.2) is 0 Å². The van der Waals surface area contributed by atoms with E-state index < -0.39 is 0 Å². The van der Waals surface area contributed by atoms with Crippen LogP contribution in [0.5, 0.6) is 0 Å². The van der Waals surface area contributed by atoms with Gasteiger partial charge in [0.15, 0.2) is 0 Å². The molecule has 1 aliphatic rings. The van der Waals surface area contributed by atoms with E-state index in [9.17, 15) is 0 Å². The predicted molar refractivity (Wildman–Crippen MR) is 119 cm³/mol. The minimum atomic E-state index is 1.10. The summed E-state index contributed by atoms with van der Waals surface area (Å²) < 4.78 is 0. The van der Waals surface area contributed by atoms with Crippen LogP contribution in [0.15, 0.2) is 66.9 Å². The number of fused-ring (bicyclic) bond motifs is 1. The summed E-state index contributed by atoms with van der Waals surface area (Å²) in [7, 11) is 0. The van der Waals surface area contributed by atoms with E-state index in [4.69, 9.17) is 0 Å². The largest absolute Gasteiger partial charge is 0.361 e. The summed E-state index contributed by atoms with van der Waals surface area (Å²) in [6, 6.07) is 19.4. The Morgan fingerprint density at radius 1 is 0.963 bits per heavy atom. The molecule has 2 heterocycles. The van der Waals surface area contributed by atoms with Gasteiger partial charge in [-0.1, -0.05) is 54.6 Å². The summed E-state index contributed by atoms with van der Waals surface area (Å²) in [6.07, 6.45) is 8.38. The molecule has 0 fully saturated rings. The number of unbranched alkanes of at least 4 members (excludes halogenated alkanes) is 1. The smallest absolute Gasteiger partial charge is 0.0457 e. The van der Waals surface area contributed by atoms with Crippen LogP contribution in [0.3, 0.4) is 0 Å². The zero-order chi connectivity index (χ0) is 18.3. The van der Waals surface area contributed by atoms with Crippen LogP contribution in [0.1, 0.15) is 30.4 Å². The lowest BCUT2D eigenvalue weighted by molar-refractivity contribution is 0.297. The Labute approximate surface area is 166 Å². The normalized spacial score (nSPS) is 15.2. The standard InChI is InChI=1S/C24H28N2S/c1-2-8-20(9-3-1)21-12-15-26(16-13-21)14-6-7-17-27-19-22-18-25-24-11-5-4-10-23(22)24/h1-5,8-12,18,25H,6-7,13-17,19H2. The van der Waals surface area contributed by atoms with Crippen molar-refractivity contribution >= 4 is 28.2 Å². The Bertz CT molecular complexity index is 882. The van der Waals surface area contributed by atoms with Crippen molar-refractivity contribution in [3.63, 3.8) is 0 Å². The Kier molecular flexibility index (Phi) is 6.33. The summed E-state index contributed by atoms with van der Waals surface area (Å²) in [5, 5.41) is 1.37. The van der Waals surface area contributed by atoms with Crippen molar-refractivity contribution in [1.29, 1.82) is 0 Å². The van der Waals surface area contributed by atoms with Crippen molar-refractivity contribution in [1.82, 2.24) is 9.88 Å². The molecule has 27 heavy (non-hydrogen) atoms. The number of nitrogens with zero attached hydrogens (tertiary/aromatic N) is 1. The number of aromatic amines is 1. The highest BCUT2D eigenvalue weighted by atomic mass is 32.2. The summed E-state index contributed by atoms with van der Waals surface area (Å²) >= 11 is 2.06. The molecule has 0 bridgehead atoms. The van der Waals surface area contributed by atoms with Crippen LogP contribution < -0.4 is 0 Å². The van der Waals surface area contributed by atoms with Crippen LogP contribution in [0.4, 0.5) is 0 Å². The maximum absolute atomic E-state index is 3.37. The molecule has 4 rings (SSSR count). The monoisotopic (exact) mass is 376 g/mol. The average molecular weight is 377 g/mol. The minimum Gasteiger partial charge on any atom is -0.361 e. The van der Waals surface area contributed by atoms with Gasteiger partial charge in [0.05, 0.1) is 0 Å². The van der Waals surface area contributed by atoms with Crippen molar-refractivity contribution in [2.24, 2.45) is 0 Å². The highest BCUT2D eigenvalue weighted by Crippen LogP contribution is 2.24. The fraction of sp³-hybridized carbons (Fsp3) is 0.333. The van der Waals surface area contributed by atoms with Crippen LogP contribution in [0.2, 0.25) is 0 Å². The highest BCUT2D eigenvalue weighted by Gasteiger charge is 2.12. The number of aromatic nitrogens is 1. The molecule has 140 valence electrons. The molecular formula is C24H28N2S. The molecule has 1 aromatic heterocycles. The quantitative estimate of drug-likeness (QED) is 0.488. The maximum Gasteiger partial charge on any atom is 0.0457 e. The van der Waals surface area contributed by atoms with Gasteiger partial charge in [0.1, 0.15) is 0 Å². The molecule has 0 radical (unpaired) electrons. The van der Waals surface area contributed by atoms with E-state index >= 15 is 0 Å². The SMILES string of the molecule is C1=C(c2ccccc2)CCN(CCCCSCc2c[nH]c3ccccc23)C1. The summed E-state index contributed by atoms with van der Waals surface area (Å²) in [6.45, 7) is 3.53. The molecule has 0 unspecified atom stereocenters. The van der Waals surface area contributed by atoms with E-state index in [0.717, 1.165) is 12.3 Å². The van der Waals surface area contributed by atoms with E-state index in [1.165, 1.54) is 65.7 Å². The van der Waals surface area contributed by atoms with Gasteiger partial charge in [-0.2, -0.15) is 11.8 Å². The molecule has 0 saturated carbocycles. The average Bonchev–Trinajstić information content (AvgIpc) is 3.15. The van der Waals surface area contributed by atoms with Gasteiger partial charge in [0.25, 0.3) is 0 Å². The molecule has 1 N–H and O–H groups in total. The number of rotatable bonds is 8. The second kappa shape index (κ2) is 9.29. The first-order valence-corrected chi connectivity index (χ1v) is 11.2. The number of nitrogens with one attached hydrogen (secondary N) is 1. The Morgan fingerprint density at radius 3 is 2.67 bits per heavy atom. The number of thioether (sulfide) groups is 1. The van der Waals surface area contributed by atoms with E-state index in [0.29, 0.717) is 0 Å². The molecular weight excluding hydrogens is 348 g/mol. The number of benzene rings is 2. The number of H-pyrrole nitrogens is 1. The molecule has 3 aromatic rings. The molecule has 2 nitrogen and oxygen atoms in total. The van der Waals surface area contributed by atoms with Gasteiger partial charge in [-0.15, -0.1) is 0 Å². The minimum absolute atomic E-state index is 1.10. The molecule has 2 aromatic carbocycles. The lowest BCUT2D eigenvalue weighted by Crippen LogP contribution is -2.29. The topological polar surface area (TPSA) is 19.0 Å². The number of hydrogen-bond donors (Lipinski definition) is 1. The zero-order valence-corrected chi connectivity index (χ0v) is 16.7. The van der Waals surface area contributed by atoms with Crippen LogP contribution in [0.25, 0.3) is 16.5 Å². The van der Waals surface area contributed by atoms with Gasteiger partial charge in [0.2, 0.25) is 0 Å². The van der Waals surface area contributed by atoms with E-state index in [2.05, 4.69) is 88.5 Å². The van der Waals surface area contributed by atoms with Crippen LogP contribution >= 0.6 is 11.8 Å². The zero-order valence-electron chi connectivity index (χ0n) is 15.9. The van der Waals surface area contributed by atoms with Gasteiger partial charge in [0, 0.05) is 35.9 Å². The maximum atomic E-state index is 3.37. The molecule has 0 amide bonds. The fourth-order valence-electron chi connectivity index (χ4n) is 3.80. The fourth-order valence-corrected chi connectivity index (χ4v) is 4.81. The summed E-state index contributed by atoms with van der Waals surface area (Å²) in [5.41, 5.74) is 5.60. The third-order valence-corrected chi connectivity index (χ3v) is 6.48. The Hall–Kier alpha value is -1.97. The molecule has 1 aliphatic heterocycles. The molecule has 0 aliphatic carbocycles. The second-order valence-electron chi connectivity index (χ2n) is 7.27. The van der Waals surface area contributed by atoms with Crippen molar-refractivity contribution in [2.75, 3.05) is 25.4 Å². The lowest BCUT2D eigenvalue weighted by Gasteiger charge is -2.26. The van der Waals surface area contributed by atoms with Gasteiger partial charge in [-0.05, 0) is 54.3 Å². The predicted octanol–water partition coefficient (Wildman–Crippen LogP) is 5.97. The summed E-state index contributed by atoms with van der Waals surface area (Å²) in [4.78, 5) is 5.97. The Morgan fingerprint density at radius 2 is 1.81 bits per heavy atom. The first-order valence-electron chi connectivity index (χ1n) is 10.00. The molecule has 0 saturated heterocycles. The van der Waals surface area contributed by atoms with Crippen molar-refractivity contribution in [3.05, 3.63) is 78.0 Å². The van der Waals surface area contributed by atoms with Crippen molar-refractivity contribution in [3.8, 4) is 0 Å². The van der Waals surface area contributed by atoms with Gasteiger partial charge < -0.3 is 4.98 Å². The number of para-hydroxylation sites is 1.